The second kappa shape index (κ2) is 59.0. The molecule has 0 aliphatic carbocycles. The SMILES string of the molecule is CC/C=C\C/C=C\C/C=C\C/C=C\CCCCCCC(=O)OCC(COC1OC(C(=O)O)C(O)C(O)C1OC(=O)CCCCCCCCCCCCCCCCCCCCC)OC(=O)CCCCCCCCCCCCCCCCCCC. The molecule has 1 fully saturated rings. The third-order valence-electron chi connectivity index (χ3n) is 15.9. The summed E-state index contributed by atoms with van der Waals surface area (Å²) >= 11 is 0. The van der Waals surface area contributed by atoms with Gasteiger partial charge in [-0.25, -0.2) is 4.79 Å². The van der Waals surface area contributed by atoms with Gasteiger partial charge in [-0.15, -0.1) is 0 Å². The molecule has 1 rings (SSSR count). The number of aliphatic hydroxyl groups excluding tert-OH is 2. The van der Waals surface area contributed by atoms with E-state index in [0.717, 1.165) is 89.9 Å². The first-order valence-corrected chi connectivity index (χ1v) is 34.6. The summed E-state index contributed by atoms with van der Waals surface area (Å²) in [4.78, 5) is 51.4. The van der Waals surface area contributed by atoms with Crippen LogP contribution in [0.5, 0.6) is 0 Å². The van der Waals surface area contributed by atoms with Gasteiger partial charge in [-0.2, -0.15) is 0 Å². The van der Waals surface area contributed by atoms with Crippen LogP contribution in [0.4, 0.5) is 0 Å². The summed E-state index contributed by atoms with van der Waals surface area (Å²) in [6, 6.07) is 0. The molecular weight excluding hydrogens is 1040 g/mol. The van der Waals surface area contributed by atoms with Crippen LogP contribution in [0, 0.1) is 0 Å². The van der Waals surface area contributed by atoms with E-state index >= 15 is 0 Å². The minimum Gasteiger partial charge on any atom is -0.479 e. The third-order valence-corrected chi connectivity index (χ3v) is 15.9. The number of ether oxygens (including phenoxy) is 5. The largest absolute Gasteiger partial charge is 0.479 e. The number of aliphatic carboxylic acids is 1. The number of carbonyl (C=O) groups excluding carboxylic acids is 3. The summed E-state index contributed by atoms with van der Waals surface area (Å²) in [6.45, 7) is 5.93. The van der Waals surface area contributed by atoms with E-state index < -0.39 is 67.3 Å². The molecule has 0 radical (unpaired) electrons. The Morgan fingerprint density at radius 1 is 0.410 bits per heavy atom. The van der Waals surface area contributed by atoms with Gasteiger partial charge in [0.15, 0.2) is 24.6 Å². The molecule has 0 saturated carbocycles. The number of carboxylic acid groups (broad SMARTS) is 1. The van der Waals surface area contributed by atoms with Crippen LogP contribution in [0.15, 0.2) is 48.6 Å². The number of rotatable bonds is 60. The predicted molar refractivity (Wildman–Crippen MR) is 340 cm³/mol. The third kappa shape index (κ3) is 48.5. The lowest BCUT2D eigenvalue weighted by Gasteiger charge is -2.40. The molecule has 0 aromatic heterocycles. The van der Waals surface area contributed by atoms with Crippen LogP contribution >= 0.6 is 0 Å². The lowest BCUT2D eigenvalue weighted by Crippen LogP contribution is -2.61. The van der Waals surface area contributed by atoms with Gasteiger partial charge in [-0.05, 0) is 57.8 Å². The first-order valence-electron chi connectivity index (χ1n) is 34.6. The molecule has 6 unspecified atom stereocenters. The van der Waals surface area contributed by atoms with Crippen molar-refractivity contribution in [1.29, 1.82) is 0 Å². The lowest BCUT2D eigenvalue weighted by molar-refractivity contribution is -0.301. The van der Waals surface area contributed by atoms with Crippen LogP contribution in [0.2, 0.25) is 0 Å². The van der Waals surface area contributed by atoms with Crippen molar-refractivity contribution in [1.82, 2.24) is 0 Å². The first-order chi connectivity index (χ1) is 40.6. The Morgan fingerprint density at radius 2 is 0.759 bits per heavy atom. The molecule has 1 aliphatic rings. The fourth-order valence-corrected chi connectivity index (χ4v) is 10.7. The molecule has 1 heterocycles. The summed E-state index contributed by atoms with van der Waals surface area (Å²) in [6.07, 6.45) is 60.7. The number of carbonyl (C=O) groups is 4. The molecule has 0 bridgehead atoms. The minimum absolute atomic E-state index is 0.0636. The van der Waals surface area contributed by atoms with Gasteiger partial charge in [0.1, 0.15) is 18.8 Å². The molecule has 0 aromatic carbocycles. The van der Waals surface area contributed by atoms with Gasteiger partial charge >= 0.3 is 23.9 Å². The highest BCUT2D eigenvalue weighted by atomic mass is 16.7. The molecule has 0 amide bonds. The molecule has 6 atom stereocenters. The van der Waals surface area contributed by atoms with Crippen molar-refractivity contribution in [3.05, 3.63) is 48.6 Å². The van der Waals surface area contributed by atoms with Crippen LogP contribution in [-0.2, 0) is 42.9 Å². The summed E-state index contributed by atoms with van der Waals surface area (Å²) in [7, 11) is 0. The zero-order valence-corrected chi connectivity index (χ0v) is 53.5. The number of carboxylic acids is 1. The van der Waals surface area contributed by atoms with E-state index in [1.807, 2.05) is 0 Å². The fourth-order valence-electron chi connectivity index (χ4n) is 10.7. The molecule has 3 N–H and O–H groups in total. The molecule has 1 aliphatic heterocycles. The number of allylic oxidation sites excluding steroid dienone is 8. The van der Waals surface area contributed by atoms with E-state index in [-0.39, 0.29) is 25.9 Å². The first kappa shape index (κ1) is 77.7. The van der Waals surface area contributed by atoms with Crippen LogP contribution in [0.1, 0.15) is 329 Å². The van der Waals surface area contributed by atoms with Crippen molar-refractivity contribution in [2.45, 2.75) is 366 Å². The van der Waals surface area contributed by atoms with Crippen molar-refractivity contribution in [3.63, 3.8) is 0 Å². The Labute approximate surface area is 507 Å². The maximum absolute atomic E-state index is 13.2. The van der Waals surface area contributed by atoms with Gasteiger partial charge in [-0.1, -0.05) is 301 Å². The van der Waals surface area contributed by atoms with Crippen molar-refractivity contribution < 1.29 is 58.2 Å². The van der Waals surface area contributed by atoms with Gasteiger partial charge in [0, 0.05) is 19.3 Å². The van der Waals surface area contributed by atoms with E-state index in [4.69, 9.17) is 23.7 Å². The van der Waals surface area contributed by atoms with Crippen LogP contribution in [0.25, 0.3) is 0 Å². The molecule has 0 spiro atoms. The Morgan fingerprint density at radius 3 is 1.16 bits per heavy atom. The highest BCUT2D eigenvalue weighted by molar-refractivity contribution is 5.74. The number of aliphatic hydroxyl groups is 2. The predicted octanol–water partition coefficient (Wildman–Crippen LogP) is 18.9. The van der Waals surface area contributed by atoms with Gasteiger partial charge in [-0.3, -0.25) is 14.4 Å². The van der Waals surface area contributed by atoms with Gasteiger partial charge in [0.05, 0.1) is 6.61 Å². The van der Waals surface area contributed by atoms with Crippen LogP contribution in [-0.4, -0.2) is 89.2 Å². The zero-order chi connectivity index (χ0) is 60.3. The molecule has 1 saturated heterocycles. The van der Waals surface area contributed by atoms with Crippen molar-refractivity contribution in [2.75, 3.05) is 13.2 Å². The Bertz CT molecular complexity index is 1630. The number of hydrogen-bond acceptors (Lipinski definition) is 11. The quantitative estimate of drug-likeness (QED) is 0.0228. The molecular formula is C71H126O12. The summed E-state index contributed by atoms with van der Waals surface area (Å²) in [5.74, 6) is -3.11. The van der Waals surface area contributed by atoms with E-state index in [1.165, 1.54) is 180 Å². The summed E-state index contributed by atoms with van der Waals surface area (Å²) in [5.41, 5.74) is 0. The fraction of sp³-hybridized carbons (Fsp3) is 0.831. The smallest absolute Gasteiger partial charge is 0.335 e. The normalized spacial score (nSPS) is 17.8. The average Bonchev–Trinajstić information content (AvgIpc) is 3.58. The highest BCUT2D eigenvalue weighted by Crippen LogP contribution is 2.27. The maximum Gasteiger partial charge on any atom is 0.335 e. The molecule has 12 heteroatoms. The van der Waals surface area contributed by atoms with E-state index in [9.17, 15) is 34.5 Å². The molecule has 83 heavy (non-hydrogen) atoms. The average molecular weight is 1170 g/mol. The summed E-state index contributed by atoms with van der Waals surface area (Å²) in [5, 5.41) is 31.7. The standard InChI is InChI=1S/C71H126O12/c1-4-7-10-13-16-19-22-25-28-31-32-35-38-41-44-47-50-53-56-59-65(74)82-69-67(76)66(75)68(70(77)78)83-71(69)80-61-62(81-64(73)58-55-52-49-46-43-40-37-34-30-27-24-21-18-15-12-9-6-3)60-79-63(72)57-54-51-48-45-42-39-36-33-29-26-23-20-17-14-11-8-5-2/h8,11,17,20,26,29,36,39,62,66-69,71,75-76H,4-7,9-10,12-16,18-19,21-25,27-28,30-35,37-38,40-61H2,1-3H3,(H,77,78)/b11-8-,20-17-,29-26-,39-36-. The van der Waals surface area contributed by atoms with E-state index in [0.29, 0.717) is 19.3 Å². The molecule has 12 nitrogen and oxygen atoms in total. The number of unbranched alkanes of at least 4 members (excludes halogenated alkanes) is 38. The van der Waals surface area contributed by atoms with Crippen molar-refractivity contribution >= 4 is 23.9 Å². The Hall–Kier alpha value is -3.32. The topological polar surface area (TPSA) is 175 Å². The van der Waals surface area contributed by atoms with E-state index in [2.05, 4.69) is 69.4 Å². The molecule has 0 aromatic rings. The maximum atomic E-state index is 13.2. The second-order valence-corrected chi connectivity index (χ2v) is 23.8. The van der Waals surface area contributed by atoms with Crippen LogP contribution < -0.4 is 0 Å². The number of hydrogen-bond donors (Lipinski definition) is 3. The highest BCUT2D eigenvalue weighted by Gasteiger charge is 2.50. The van der Waals surface area contributed by atoms with E-state index in [1.54, 1.807) is 0 Å². The molecule has 482 valence electrons. The monoisotopic (exact) mass is 1170 g/mol. The van der Waals surface area contributed by atoms with Gasteiger partial charge < -0.3 is 39.0 Å². The Kier molecular flexibility index (Phi) is 55.3. The van der Waals surface area contributed by atoms with Gasteiger partial charge in [0.2, 0.25) is 0 Å². The zero-order valence-electron chi connectivity index (χ0n) is 53.5. The minimum atomic E-state index is -1.90. The lowest BCUT2D eigenvalue weighted by atomic mass is 9.98. The Balaban J connectivity index is 2.63. The van der Waals surface area contributed by atoms with Crippen LogP contribution in [0.3, 0.4) is 0 Å². The van der Waals surface area contributed by atoms with Crippen molar-refractivity contribution in [3.8, 4) is 0 Å². The van der Waals surface area contributed by atoms with Crippen molar-refractivity contribution in [2.24, 2.45) is 0 Å². The summed E-state index contributed by atoms with van der Waals surface area (Å²) < 4.78 is 28.6. The number of esters is 3. The second-order valence-electron chi connectivity index (χ2n) is 23.8. The van der Waals surface area contributed by atoms with Gasteiger partial charge in [0.25, 0.3) is 0 Å².